The first kappa shape index (κ1) is 39.3. The Morgan fingerprint density at radius 2 is 1.67 bits per heavy atom. The average molecular weight is 778 g/mol. The monoisotopic (exact) mass is 777 g/mol. The summed E-state index contributed by atoms with van der Waals surface area (Å²) in [6.45, 7) is 3.09. The molecule has 5 atom stereocenters. The van der Waals surface area contributed by atoms with Crippen LogP contribution in [0, 0.1) is 0 Å². The van der Waals surface area contributed by atoms with Crippen LogP contribution in [0.15, 0.2) is 54.7 Å². The van der Waals surface area contributed by atoms with Crippen LogP contribution in [0.5, 0.6) is 5.75 Å². The van der Waals surface area contributed by atoms with Gasteiger partial charge in [-0.05, 0) is 79.3 Å². The quantitative estimate of drug-likeness (QED) is 0.126. The van der Waals surface area contributed by atoms with Crippen molar-refractivity contribution in [2.24, 2.45) is 0 Å². The number of urea groups is 1. The second-order valence-corrected chi connectivity index (χ2v) is 15.9. The summed E-state index contributed by atoms with van der Waals surface area (Å²) >= 11 is 6.81. The fourth-order valence-corrected chi connectivity index (χ4v) is 8.05. The SMILES string of the molecule is CC(CCCC(=O)N1CCN(C(=O)NC[C@H](O)[C@@H](O)[C@H](O)[C@H](O)CO)CC1)c1ccc(Cl)c(CN2c3nccc(-c4ccccc4OC4CC4)c3C23CC3)c1. The number of anilines is 1. The van der Waals surface area contributed by atoms with Gasteiger partial charge in [-0.25, -0.2) is 9.78 Å². The van der Waals surface area contributed by atoms with Crippen LogP contribution >= 0.6 is 11.6 Å². The summed E-state index contributed by atoms with van der Waals surface area (Å²) in [4.78, 5) is 36.2. The van der Waals surface area contributed by atoms with E-state index < -0.39 is 37.1 Å². The molecule has 1 aromatic heterocycles. The van der Waals surface area contributed by atoms with E-state index >= 15 is 0 Å². The Labute approximate surface area is 326 Å². The maximum atomic E-state index is 13.1. The molecule has 2 aliphatic carbocycles. The van der Waals surface area contributed by atoms with Gasteiger partial charge in [-0.1, -0.05) is 48.9 Å². The number of aliphatic hydroxyl groups is 5. The highest BCUT2D eigenvalue weighted by Crippen LogP contribution is 2.65. The van der Waals surface area contributed by atoms with E-state index in [1.807, 2.05) is 18.3 Å². The van der Waals surface area contributed by atoms with Crippen molar-refractivity contribution in [1.82, 2.24) is 20.1 Å². The molecule has 2 aromatic carbocycles. The molecule has 1 spiro atoms. The van der Waals surface area contributed by atoms with E-state index in [0.717, 1.165) is 66.2 Å². The molecule has 1 unspecified atom stereocenters. The number of ether oxygens (including phenoxy) is 1. The zero-order valence-electron chi connectivity index (χ0n) is 31.2. The summed E-state index contributed by atoms with van der Waals surface area (Å²) in [5, 5.41) is 51.4. The summed E-state index contributed by atoms with van der Waals surface area (Å²) in [5.41, 5.74) is 5.85. The summed E-state index contributed by atoms with van der Waals surface area (Å²) in [6.07, 6.45) is 1.84. The van der Waals surface area contributed by atoms with Crippen molar-refractivity contribution in [3.63, 3.8) is 0 Å². The molecule has 2 saturated carbocycles. The largest absolute Gasteiger partial charge is 0.490 e. The second-order valence-electron chi connectivity index (χ2n) is 15.5. The Hall–Kier alpha value is -3.98. The maximum Gasteiger partial charge on any atom is 0.317 e. The number of hydrogen-bond acceptors (Lipinski definition) is 10. The Morgan fingerprint density at radius 1 is 0.964 bits per heavy atom. The predicted molar refractivity (Wildman–Crippen MR) is 207 cm³/mol. The van der Waals surface area contributed by atoms with Crippen molar-refractivity contribution < 1.29 is 39.9 Å². The molecule has 1 saturated heterocycles. The lowest BCUT2D eigenvalue weighted by Crippen LogP contribution is -2.55. The molecule has 2 aliphatic heterocycles. The lowest BCUT2D eigenvalue weighted by molar-refractivity contribution is -0.132. The van der Waals surface area contributed by atoms with Crippen molar-refractivity contribution in [3.8, 4) is 16.9 Å². The van der Waals surface area contributed by atoms with E-state index in [1.54, 1.807) is 4.90 Å². The van der Waals surface area contributed by atoms with Crippen LogP contribution in [0.2, 0.25) is 5.02 Å². The summed E-state index contributed by atoms with van der Waals surface area (Å²) in [5.74, 6) is 2.21. The van der Waals surface area contributed by atoms with Crippen molar-refractivity contribution >= 4 is 29.4 Å². The van der Waals surface area contributed by atoms with Crippen LogP contribution < -0.4 is 15.0 Å². The average Bonchev–Trinajstić information content (AvgIpc) is 4.15. The molecule has 4 aliphatic rings. The van der Waals surface area contributed by atoms with Crippen molar-refractivity contribution in [2.45, 2.75) is 100 Å². The number of rotatable bonds is 16. The molecule has 55 heavy (non-hydrogen) atoms. The number of nitrogens with zero attached hydrogens (tertiary/aromatic N) is 4. The lowest BCUT2D eigenvalue weighted by Gasteiger charge is -2.46. The van der Waals surface area contributed by atoms with E-state index in [-0.39, 0.29) is 23.9 Å². The number of benzene rings is 2. The van der Waals surface area contributed by atoms with Gasteiger partial charge in [0.25, 0.3) is 0 Å². The minimum atomic E-state index is -1.77. The van der Waals surface area contributed by atoms with Crippen molar-refractivity contribution in [1.29, 1.82) is 0 Å². The van der Waals surface area contributed by atoms with Crippen LogP contribution in [0.25, 0.3) is 11.1 Å². The minimum absolute atomic E-state index is 0.0328. The van der Waals surface area contributed by atoms with Gasteiger partial charge in [0.05, 0.1) is 24.4 Å². The highest BCUT2D eigenvalue weighted by atomic mass is 35.5. The number of pyridine rings is 1. The molecule has 3 amide bonds. The number of amides is 3. The molecular weight excluding hydrogens is 726 g/mol. The highest BCUT2D eigenvalue weighted by Gasteiger charge is 2.60. The van der Waals surface area contributed by atoms with Gasteiger partial charge < -0.3 is 50.3 Å². The third-order valence-corrected chi connectivity index (χ3v) is 12.0. The number of carbonyl (C=O) groups excluding carboxylic acids is 2. The first-order valence-corrected chi connectivity index (χ1v) is 19.8. The lowest BCUT2D eigenvalue weighted by atomic mass is 9.85. The molecule has 14 heteroatoms. The third kappa shape index (κ3) is 8.42. The van der Waals surface area contributed by atoms with Gasteiger partial charge >= 0.3 is 6.03 Å². The molecule has 0 bridgehead atoms. The Morgan fingerprint density at radius 3 is 2.38 bits per heavy atom. The molecule has 13 nitrogen and oxygen atoms in total. The summed E-state index contributed by atoms with van der Waals surface area (Å²) < 4.78 is 6.29. The van der Waals surface area contributed by atoms with Gasteiger partial charge in [-0.3, -0.25) is 4.79 Å². The number of aliphatic hydroxyl groups excluding tert-OH is 5. The van der Waals surface area contributed by atoms with Gasteiger partial charge in [0.1, 0.15) is 29.9 Å². The number of carbonyl (C=O) groups is 2. The first-order chi connectivity index (χ1) is 26.5. The standard InChI is InChI=1S/C41H52ClN5O8/c1-25(5-4-8-35(51)45-17-19-46(20-18-45)40(54)44-22-32(49)37(52)38(53)33(50)24-48)26-9-12-31(42)27(21-26)23-47-39-36(41(47)14-15-41)30(13-16-43-39)29-6-2-3-7-34(29)55-28-10-11-28/h2-3,6-7,9,12-13,16,21,25,28,32-33,37-38,48-50,52-53H,4-5,8,10-11,14-15,17-20,22-24H2,1H3,(H,44,54)/t25?,32-,33+,37+,38+/m0/s1. The predicted octanol–water partition coefficient (Wildman–Crippen LogP) is 3.52. The molecule has 296 valence electrons. The number of fused-ring (bicyclic) bond motifs is 2. The van der Waals surface area contributed by atoms with Gasteiger partial charge in [0.2, 0.25) is 5.91 Å². The Balaban J connectivity index is 0.886. The smallest absolute Gasteiger partial charge is 0.317 e. The third-order valence-electron chi connectivity index (χ3n) is 11.6. The van der Waals surface area contributed by atoms with Crippen LogP contribution in [-0.4, -0.2) is 122 Å². The zero-order chi connectivity index (χ0) is 38.9. The Bertz CT molecular complexity index is 1850. The Kier molecular flexibility index (Phi) is 11.9. The van der Waals surface area contributed by atoms with E-state index in [0.29, 0.717) is 45.2 Å². The molecule has 6 N–H and O–H groups in total. The topological polar surface area (TPSA) is 179 Å². The second kappa shape index (κ2) is 16.6. The van der Waals surface area contributed by atoms with Gasteiger partial charge in [-0.15, -0.1) is 0 Å². The minimum Gasteiger partial charge on any atom is -0.490 e. The molecule has 7 rings (SSSR count). The summed E-state index contributed by atoms with van der Waals surface area (Å²) in [7, 11) is 0. The number of halogens is 1. The number of nitrogens with one attached hydrogen (secondary N) is 1. The van der Waals surface area contributed by atoms with Crippen LogP contribution in [-0.2, 0) is 16.9 Å². The number of para-hydroxylation sites is 1. The van der Waals surface area contributed by atoms with Crippen molar-refractivity contribution in [3.05, 3.63) is 76.4 Å². The van der Waals surface area contributed by atoms with Crippen LogP contribution in [0.3, 0.4) is 0 Å². The van der Waals surface area contributed by atoms with E-state index in [2.05, 4.69) is 53.5 Å². The molecule has 3 fully saturated rings. The van der Waals surface area contributed by atoms with Gasteiger partial charge in [-0.2, -0.15) is 0 Å². The first-order valence-electron chi connectivity index (χ1n) is 19.5. The van der Waals surface area contributed by atoms with Crippen LogP contribution in [0.1, 0.15) is 74.5 Å². The van der Waals surface area contributed by atoms with E-state index in [1.165, 1.54) is 21.6 Å². The normalized spacial score (nSPS) is 19.9. The van der Waals surface area contributed by atoms with E-state index in [9.17, 15) is 30.0 Å². The molecule has 3 aromatic rings. The molecule has 0 radical (unpaired) electrons. The van der Waals surface area contributed by atoms with E-state index in [4.69, 9.17) is 26.4 Å². The number of aromatic nitrogens is 1. The molecule has 3 heterocycles. The summed E-state index contributed by atoms with van der Waals surface area (Å²) in [6, 6.07) is 16.2. The van der Waals surface area contributed by atoms with Crippen LogP contribution in [0.4, 0.5) is 10.6 Å². The number of piperazine rings is 1. The maximum absolute atomic E-state index is 13.1. The van der Waals surface area contributed by atoms with Crippen molar-refractivity contribution in [2.75, 3.05) is 44.2 Å². The fourth-order valence-electron chi connectivity index (χ4n) is 7.87. The fraction of sp³-hybridized carbons (Fsp3) is 0.537. The number of hydrogen-bond donors (Lipinski definition) is 6. The molecular formula is C41H52ClN5O8. The van der Waals surface area contributed by atoms with Gasteiger partial charge in [0.15, 0.2) is 0 Å². The zero-order valence-corrected chi connectivity index (χ0v) is 31.9. The highest BCUT2D eigenvalue weighted by molar-refractivity contribution is 6.31. The van der Waals surface area contributed by atoms with Gasteiger partial charge in [0, 0.05) is 68.0 Å².